The molecule has 4 aliphatic heterocycles. The fourth-order valence-corrected chi connectivity index (χ4v) is 12.4. The van der Waals surface area contributed by atoms with Gasteiger partial charge in [0.05, 0.1) is 38.6 Å². The second-order valence-corrected chi connectivity index (χ2v) is 21.3. The normalized spacial score (nSPS) is 19.7. The van der Waals surface area contributed by atoms with E-state index >= 15 is 0 Å². The minimum absolute atomic E-state index is 0.0145. The zero-order valence-corrected chi connectivity index (χ0v) is 42.8. The summed E-state index contributed by atoms with van der Waals surface area (Å²) in [6.45, 7) is 11.3. The number of Topliss-reactive ketones (excluding diaryl/α,β-unsaturated/α-hetero) is 1. The number of piperazine rings is 1. The van der Waals surface area contributed by atoms with Gasteiger partial charge in [-0.1, -0.05) is 30.2 Å². The van der Waals surface area contributed by atoms with E-state index in [1.807, 2.05) is 47.5 Å². The first kappa shape index (κ1) is 52.6. The number of aryl methyl sites for hydroxylation is 2. The topological polar surface area (TPSA) is 187 Å². The molecular formula is C50H69ClN8O8S2. The van der Waals surface area contributed by atoms with Gasteiger partial charge in [0, 0.05) is 110 Å². The van der Waals surface area contributed by atoms with Crippen LogP contribution in [0.1, 0.15) is 123 Å². The van der Waals surface area contributed by atoms with Crippen molar-refractivity contribution in [2.45, 2.75) is 122 Å². The van der Waals surface area contributed by atoms with Crippen LogP contribution in [0.3, 0.4) is 0 Å². The zero-order chi connectivity index (χ0) is 48.7. The minimum atomic E-state index is -0.562. The summed E-state index contributed by atoms with van der Waals surface area (Å²) in [5, 5.41) is 17.1. The molecule has 19 heteroatoms. The number of benzene rings is 1. The average molecular weight is 1010 g/mol. The van der Waals surface area contributed by atoms with Crippen molar-refractivity contribution in [3.05, 3.63) is 62.5 Å². The van der Waals surface area contributed by atoms with Crippen LogP contribution >= 0.6 is 34.7 Å². The highest BCUT2D eigenvalue weighted by Gasteiger charge is 2.42. The van der Waals surface area contributed by atoms with Gasteiger partial charge in [-0.05, 0) is 88.7 Å². The number of rotatable bonds is 27. The lowest BCUT2D eigenvalue weighted by atomic mass is 9.97. The monoisotopic (exact) mass is 1010 g/mol. The third-order valence-corrected chi connectivity index (χ3v) is 16.5. The lowest BCUT2D eigenvalue weighted by Gasteiger charge is -2.35. The van der Waals surface area contributed by atoms with Crippen LogP contribution in [0.5, 0.6) is 0 Å². The van der Waals surface area contributed by atoms with Crippen molar-refractivity contribution in [3.8, 4) is 5.00 Å². The average Bonchev–Trinajstić information content (AvgIpc) is 4.07. The van der Waals surface area contributed by atoms with Crippen LogP contribution in [0.15, 0.2) is 29.3 Å². The summed E-state index contributed by atoms with van der Waals surface area (Å²) >= 11 is 9.90. The number of halogens is 1. The quantitative estimate of drug-likeness (QED) is 0.0794. The van der Waals surface area contributed by atoms with E-state index in [9.17, 15) is 24.0 Å². The van der Waals surface area contributed by atoms with E-state index in [-0.39, 0.29) is 42.9 Å². The highest BCUT2D eigenvalue weighted by atomic mass is 35.5. The van der Waals surface area contributed by atoms with Crippen molar-refractivity contribution in [1.82, 2.24) is 35.2 Å². The highest BCUT2D eigenvalue weighted by Crippen LogP contribution is 2.41. The Labute approximate surface area is 419 Å². The molecule has 2 aromatic heterocycles. The number of ether oxygens (including phenoxy) is 3. The number of nitrogens with zero attached hydrogens (tertiary/aromatic N) is 6. The van der Waals surface area contributed by atoms with Gasteiger partial charge in [0.15, 0.2) is 5.82 Å². The molecule has 3 fully saturated rings. The van der Waals surface area contributed by atoms with Gasteiger partial charge in [0.2, 0.25) is 23.6 Å². The Bertz CT molecular complexity index is 2260. The number of aromatic nitrogens is 3. The van der Waals surface area contributed by atoms with E-state index in [1.54, 1.807) is 21.1 Å². The lowest BCUT2D eigenvalue weighted by Crippen LogP contribution is -2.50. The van der Waals surface area contributed by atoms with Crippen molar-refractivity contribution in [2.24, 2.45) is 10.9 Å². The van der Waals surface area contributed by atoms with Crippen molar-refractivity contribution in [3.63, 3.8) is 0 Å². The molecule has 4 amide bonds. The number of unbranched alkanes of at least 4 members (excludes halogenated alkanes) is 2. The van der Waals surface area contributed by atoms with E-state index in [1.165, 1.54) is 4.88 Å². The van der Waals surface area contributed by atoms with Gasteiger partial charge in [-0.15, -0.1) is 21.5 Å². The molecule has 16 nitrogen and oxygen atoms in total. The maximum Gasteiger partial charge on any atom is 0.225 e. The molecular weight excluding hydrogens is 940 g/mol. The summed E-state index contributed by atoms with van der Waals surface area (Å²) in [5.74, 6) is 3.29. The number of thioether (sulfide) groups is 1. The predicted octanol–water partition coefficient (Wildman–Crippen LogP) is 6.51. The third-order valence-electron chi connectivity index (χ3n) is 13.4. The van der Waals surface area contributed by atoms with Crippen LogP contribution in [0.25, 0.3) is 5.00 Å². The number of aliphatic imine (C=N–C) groups is 1. The molecule has 0 spiro atoms. The molecule has 7 rings (SSSR count). The summed E-state index contributed by atoms with van der Waals surface area (Å²) in [4.78, 5) is 73.3. The Hall–Kier alpha value is -4.20. The Morgan fingerprint density at radius 2 is 1.46 bits per heavy atom. The molecule has 4 aliphatic rings. The molecule has 3 aromatic rings. The van der Waals surface area contributed by atoms with Crippen LogP contribution in [0.2, 0.25) is 5.02 Å². The maximum atomic E-state index is 13.9. The van der Waals surface area contributed by atoms with E-state index in [0.29, 0.717) is 138 Å². The van der Waals surface area contributed by atoms with Gasteiger partial charge in [-0.25, -0.2) is 0 Å². The summed E-state index contributed by atoms with van der Waals surface area (Å²) in [5.41, 5.74) is 3.85. The fraction of sp³-hybridized carbons (Fsp3) is 0.640. The Morgan fingerprint density at radius 3 is 2.19 bits per heavy atom. The highest BCUT2D eigenvalue weighted by molar-refractivity contribution is 8.00. The number of ketones is 1. The SMILES string of the molecule is Cc1sc2c(c1C)C(c1ccc(Cl)cc1)=N[C@@H](CC(=O)N1CCN(C(=O)CCCC(=O)NCCCOCCOCCOCCCCC(=O)CCCC[C@@H]3SC[C@@H]4CC(=O)N[C@@H]43)CC1)c1nnc(C)n1-2. The van der Waals surface area contributed by atoms with Crippen LogP contribution in [-0.2, 0) is 38.2 Å². The van der Waals surface area contributed by atoms with Gasteiger partial charge < -0.3 is 34.6 Å². The standard InChI is InChI=1S/C50H69ClN8O8S2/c1-33-34(2)69-50-46(33)48(36-15-17-38(51)18-16-36)53-40(49-56-55-35(3)59(49)50)31-45(64)58-22-20-57(21-23-58)44(63)14-8-13-42(61)52-19-9-25-66-27-29-67-28-26-65-24-7-6-11-39(60)10-4-5-12-41-47-37(32-68-41)30-43(62)54-47/h15-18,37,40-41,47H,4-14,19-32H2,1-3H3,(H,52,61)(H,54,62)/t37-,40-,41-,47-/m0/s1. The minimum Gasteiger partial charge on any atom is -0.379 e. The van der Waals surface area contributed by atoms with E-state index in [0.717, 1.165) is 71.1 Å². The molecule has 0 bridgehead atoms. The first-order chi connectivity index (χ1) is 33.5. The van der Waals surface area contributed by atoms with Crippen molar-refractivity contribution >= 4 is 69.8 Å². The lowest BCUT2D eigenvalue weighted by molar-refractivity contribution is -0.140. The first-order valence-corrected chi connectivity index (χ1v) is 27.1. The van der Waals surface area contributed by atoms with E-state index in [4.69, 9.17) is 30.8 Å². The number of thiophene rings is 1. The summed E-state index contributed by atoms with van der Waals surface area (Å²) in [6.07, 6.45) is 8.41. The number of carbonyl (C=O) groups excluding carboxylic acids is 5. The van der Waals surface area contributed by atoms with Gasteiger partial charge in [-0.3, -0.25) is 33.5 Å². The molecule has 3 saturated heterocycles. The van der Waals surface area contributed by atoms with Gasteiger partial charge in [0.25, 0.3) is 0 Å². The zero-order valence-electron chi connectivity index (χ0n) is 40.4. The summed E-state index contributed by atoms with van der Waals surface area (Å²) in [7, 11) is 0. The third kappa shape index (κ3) is 14.7. The molecule has 0 radical (unpaired) electrons. The van der Waals surface area contributed by atoms with Crippen molar-refractivity contribution in [1.29, 1.82) is 0 Å². The molecule has 376 valence electrons. The molecule has 0 saturated carbocycles. The second-order valence-electron chi connectivity index (χ2n) is 18.4. The number of nitrogens with one attached hydrogen (secondary N) is 2. The second kappa shape index (κ2) is 26.3. The number of hydrogen-bond acceptors (Lipinski definition) is 13. The molecule has 6 heterocycles. The van der Waals surface area contributed by atoms with Crippen LogP contribution < -0.4 is 10.6 Å². The number of hydrogen-bond donors (Lipinski definition) is 2. The van der Waals surface area contributed by atoms with Crippen LogP contribution in [0.4, 0.5) is 0 Å². The number of amides is 4. The predicted molar refractivity (Wildman–Crippen MR) is 269 cm³/mol. The van der Waals surface area contributed by atoms with E-state index in [2.05, 4.69) is 34.7 Å². The van der Waals surface area contributed by atoms with Crippen molar-refractivity contribution < 1.29 is 38.2 Å². The van der Waals surface area contributed by atoms with Gasteiger partial charge >= 0.3 is 0 Å². The Balaban J connectivity index is 0.677. The van der Waals surface area contributed by atoms with Crippen molar-refractivity contribution in [2.75, 3.05) is 78.1 Å². The molecule has 1 aromatic carbocycles. The molecule has 69 heavy (non-hydrogen) atoms. The Morgan fingerprint density at radius 1 is 0.797 bits per heavy atom. The summed E-state index contributed by atoms with van der Waals surface area (Å²) < 4.78 is 18.9. The largest absolute Gasteiger partial charge is 0.379 e. The van der Waals surface area contributed by atoms with E-state index < -0.39 is 6.04 Å². The Kier molecular flexibility index (Phi) is 20.1. The fourth-order valence-electron chi connectivity index (χ4n) is 9.44. The molecule has 2 N–H and O–H groups in total. The van der Waals surface area contributed by atoms with Gasteiger partial charge in [-0.2, -0.15) is 11.8 Å². The molecule has 4 atom stereocenters. The maximum absolute atomic E-state index is 13.9. The number of fused-ring (bicyclic) bond motifs is 4. The molecule has 0 unspecified atom stereocenters. The van der Waals surface area contributed by atoms with Crippen LogP contribution in [-0.4, -0.2) is 149 Å². The smallest absolute Gasteiger partial charge is 0.225 e. The van der Waals surface area contributed by atoms with Gasteiger partial charge in [0.1, 0.15) is 22.7 Å². The summed E-state index contributed by atoms with van der Waals surface area (Å²) in [6, 6.07) is 7.39. The molecule has 0 aliphatic carbocycles. The first-order valence-electron chi connectivity index (χ1n) is 24.8. The van der Waals surface area contributed by atoms with Crippen LogP contribution in [0, 0.1) is 26.7 Å². The number of carbonyl (C=O) groups is 5.